The molecule has 0 radical (unpaired) electrons. The first-order valence-corrected chi connectivity index (χ1v) is 4.92. The molecule has 1 aromatic rings. The highest BCUT2D eigenvalue weighted by Gasteiger charge is 2.38. The van der Waals surface area contributed by atoms with Gasteiger partial charge in [0.15, 0.2) is 0 Å². The molecule has 0 unspecified atom stereocenters. The summed E-state index contributed by atoms with van der Waals surface area (Å²) in [5.41, 5.74) is -2.65. The molecule has 0 bridgehead atoms. The fourth-order valence-corrected chi connectivity index (χ4v) is 1.29. The molecule has 0 saturated heterocycles. The van der Waals surface area contributed by atoms with E-state index in [9.17, 15) is 39.5 Å². The standard InChI is InChI=1S/C10H5F9O2/c1-4-6(20-9(14,15)16)2-5(8(11,12)13)3-7(4)21-10(17,18)19/h2-3H,1H3. The van der Waals surface area contributed by atoms with Crippen LogP contribution in [-0.2, 0) is 6.18 Å². The number of halogens is 9. The lowest BCUT2D eigenvalue weighted by atomic mass is 10.1. The monoisotopic (exact) mass is 328 g/mol. The number of hydrogen-bond donors (Lipinski definition) is 0. The minimum absolute atomic E-state index is 0.0634. The molecule has 21 heavy (non-hydrogen) atoms. The predicted octanol–water partition coefficient (Wildman–Crippen LogP) is 4.81. The Kier molecular flexibility index (Phi) is 4.26. The van der Waals surface area contributed by atoms with Gasteiger partial charge in [0.05, 0.1) is 5.56 Å². The van der Waals surface area contributed by atoms with Crippen LogP contribution in [-0.4, -0.2) is 12.7 Å². The third-order valence-electron chi connectivity index (χ3n) is 2.09. The molecule has 0 aromatic heterocycles. The molecule has 0 aliphatic carbocycles. The van der Waals surface area contributed by atoms with Crippen molar-refractivity contribution in [2.45, 2.75) is 25.8 Å². The van der Waals surface area contributed by atoms with E-state index in [0.29, 0.717) is 6.92 Å². The van der Waals surface area contributed by atoms with Gasteiger partial charge < -0.3 is 9.47 Å². The van der Waals surface area contributed by atoms with E-state index in [1.165, 1.54) is 0 Å². The van der Waals surface area contributed by atoms with Crippen LogP contribution in [0.3, 0.4) is 0 Å². The highest BCUT2D eigenvalue weighted by atomic mass is 19.4. The molecule has 0 heterocycles. The minimum Gasteiger partial charge on any atom is -0.405 e. The third-order valence-corrected chi connectivity index (χ3v) is 2.09. The van der Waals surface area contributed by atoms with E-state index in [0.717, 1.165) is 0 Å². The molecule has 11 heteroatoms. The van der Waals surface area contributed by atoms with Crippen LogP contribution in [0.25, 0.3) is 0 Å². The molecule has 1 aromatic carbocycles. The number of rotatable bonds is 2. The lowest BCUT2D eigenvalue weighted by molar-refractivity contribution is -0.277. The first kappa shape index (κ1) is 17.2. The van der Waals surface area contributed by atoms with Gasteiger partial charge in [-0.3, -0.25) is 0 Å². The Morgan fingerprint density at radius 3 is 1.29 bits per heavy atom. The van der Waals surface area contributed by atoms with Crippen molar-refractivity contribution >= 4 is 0 Å². The van der Waals surface area contributed by atoms with Gasteiger partial charge >= 0.3 is 18.9 Å². The summed E-state index contributed by atoms with van der Waals surface area (Å²) in [4.78, 5) is 0. The van der Waals surface area contributed by atoms with E-state index in [-0.39, 0.29) is 12.1 Å². The molecule has 0 aliphatic rings. The molecular formula is C10H5F9O2. The molecule has 0 amide bonds. The fourth-order valence-electron chi connectivity index (χ4n) is 1.29. The van der Waals surface area contributed by atoms with Crippen molar-refractivity contribution in [1.82, 2.24) is 0 Å². The van der Waals surface area contributed by atoms with Crippen LogP contribution in [0, 0.1) is 6.92 Å². The maximum atomic E-state index is 12.5. The SMILES string of the molecule is Cc1c(OC(F)(F)F)cc(C(F)(F)F)cc1OC(F)(F)F. The van der Waals surface area contributed by atoms with Crippen molar-refractivity contribution in [3.8, 4) is 11.5 Å². The van der Waals surface area contributed by atoms with Crippen LogP contribution in [0.15, 0.2) is 12.1 Å². The average molecular weight is 328 g/mol. The second-order valence-electron chi connectivity index (χ2n) is 3.69. The van der Waals surface area contributed by atoms with Gasteiger partial charge in [0.2, 0.25) is 0 Å². The van der Waals surface area contributed by atoms with E-state index in [4.69, 9.17) is 0 Å². The van der Waals surface area contributed by atoms with Crippen molar-refractivity contribution in [3.63, 3.8) is 0 Å². The molecule has 120 valence electrons. The molecular weight excluding hydrogens is 323 g/mol. The maximum Gasteiger partial charge on any atom is 0.573 e. The maximum absolute atomic E-state index is 12.5. The minimum atomic E-state index is -5.37. The Hall–Kier alpha value is -1.81. The Morgan fingerprint density at radius 2 is 1.05 bits per heavy atom. The van der Waals surface area contributed by atoms with Crippen molar-refractivity contribution in [2.24, 2.45) is 0 Å². The van der Waals surface area contributed by atoms with E-state index in [1.54, 1.807) is 0 Å². The summed E-state index contributed by atoms with van der Waals surface area (Å²) in [5, 5.41) is 0. The van der Waals surface area contributed by atoms with Gasteiger partial charge in [0.25, 0.3) is 0 Å². The van der Waals surface area contributed by atoms with Gasteiger partial charge in [-0.1, -0.05) is 0 Å². The molecule has 2 nitrogen and oxygen atoms in total. The first-order valence-electron chi connectivity index (χ1n) is 4.92. The van der Waals surface area contributed by atoms with Crippen LogP contribution < -0.4 is 9.47 Å². The molecule has 0 saturated carbocycles. The van der Waals surface area contributed by atoms with E-state index in [2.05, 4.69) is 9.47 Å². The summed E-state index contributed by atoms with van der Waals surface area (Å²) in [6.45, 7) is 0.697. The largest absolute Gasteiger partial charge is 0.573 e. The van der Waals surface area contributed by atoms with Gasteiger partial charge in [0.1, 0.15) is 11.5 Å². The van der Waals surface area contributed by atoms with Crippen molar-refractivity contribution < 1.29 is 49.0 Å². The number of alkyl halides is 9. The lowest BCUT2D eigenvalue weighted by Crippen LogP contribution is -2.21. The lowest BCUT2D eigenvalue weighted by Gasteiger charge is -2.18. The zero-order chi connectivity index (χ0) is 16.6. The Bertz CT molecular complexity index is 476. The summed E-state index contributed by atoms with van der Waals surface area (Å²) in [6, 6.07) is -0.127. The summed E-state index contributed by atoms with van der Waals surface area (Å²) < 4.78 is 116. The third kappa shape index (κ3) is 5.23. The van der Waals surface area contributed by atoms with Gasteiger partial charge in [-0.2, -0.15) is 13.2 Å². The second-order valence-corrected chi connectivity index (χ2v) is 3.69. The number of benzene rings is 1. The Labute approximate surface area is 111 Å². The normalized spacial score (nSPS) is 13.2. The van der Waals surface area contributed by atoms with E-state index >= 15 is 0 Å². The summed E-state index contributed by atoms with van der Waals surface area (Å²) in [5.74, 6) is -2.87. The first-order chi connectivity index (χ1) is 9.19. The Morgan fingerprint density at radius 1 is 0.714 bits per heavy atom. The van der Waals surface area contributed by atoms with Crippen LogP contribution in [0.1, 0.15) is 11.1 Å². The van der Waals surface area contributed by atoms with Crippen LogP contribution in [0.4, 0.5) is 39.5 Å². The second kappa shape index (κ2) is 5.19. The Balaban J connectivity index is 3.39. The van der Waals surface area contributed by atoms with Crippen molar-refractivity contribution in [1.29, 1.82) is 0 Å². The fraction of sp³-hybridized carbons (Fsp3) is 0.400. The van der Waals surface area contributed by atoms with Crippen LogP contribution >= 0.6 is 0 Å². The average Bonchev–Trinajstić information content (AvgIpc) is 2.18. The molecule has 1 rings (SSSR count). The topological polar surface area (TPSA) is 18.5 Å². The summed E-state index contributed by atoms with van der Waals surface area (Å²) in [6.07, 6.45) is -15.9. The van der Waals surface area contributed by atoms with Crippen LogP contribution in [0.2, 0.25) is 0 Å². The van der Waals surface area contributed by atoms with E-state index in [1.807, 2.05) is 0 Å². The summed E-state index contributed by atoms with van der Waals surface area (Å²) in [7, 11) is 0. The highest BCUT2D eigenvalue weighted by Crippen LogP contribution is 2.41. The number of ether oxygens (including phenoxy) is 2. The van der Waals surface area contributed by atoms with Crippen molar-refractivity contribution in [3.05, 3.63) is 23.3 Å². The zero-order valence-electron chi connectivity index (χ0n) is 9.87. The van der Waals surface area contributed by atoms with Gasteiger partial charge in [0, 0.05) is 5.56 Å². The molecule has 0 N–H and O–H groups in total. The molecule has 0 aliphatic heterocycles. The number of hydrogen-bond acceptors (Lipinski definition) is 2. The van der Waals surface area contributed by atoms with Gasteiger partial charge in [-0.05, 0) is 19.1 Å². The predicted molar refractivity (Wildman–Crippen MR) is 49.5 cm³/mol. The smallest absolute Gasteiger partial charge is 0.405 e. The molecule has 0 atom stereocenters. The molecule has 0 fully saturated rings. The summed E-state index contributed by atoms with van der Waals surface area (Å²) >= 11 is 0. The quantitative estimate of drug-likeness (QED) is 0.725. The van der Waals surface area contributed by atoms with E-state index < -0.39 is 41.5 Å². The van der Waals surface area contributed by atoms with Gasteiger partial charge in [-0.15, -0.1) is 26.3 Å². The molecule has 0 spiro atoms. The van der Waals surface area contributed by atoms with Crippen LogP contribution in [0.5, 0.6) is 11.5 Å². The zero-order valence-corrected chi connectivity index (χ0v) is 9.87. The van der Waals surface area contributed by atoms with Gasteiger partial charge in [-0.25, -0.2) is 0 Å². The van der Waals surface area contributed by atoms with Crippen molar-refractivity contribution in [2.75, 3.05) is 0 Å². The highest BCUT2D eigenvalue weighted by molar-refractivity contribution is 5.48.